The van der Waals surface area contributed by atoms with E-state index in [4.69, 9.17) is 4.18 Å². The zero-order valence-corrected chi connectivity index (χ0v) is 14.6. The van der Waals surface area contributed by atoms with E-state index in [1.807, 2.05) is 0 Å². The first-order valence-corrected chi connectivity index (χ1v) is 9.66. The van der Waals surface area contributed by atoms with Crippen LogP contribution in [0.4, 0.5) is 13.2 Å². The Morgan fingerprint density at radius 2 is 2.00 bits per heavy atom. The summed E-state index contributed by atoms with van der Waals surface area (Å²) in [6, 6.07) is -1.74. The van der Waals surface area contributed by atoms with Crippen LogP contribution in [0.25, 0.3) is 0 Å². The molecular formula is C16H22F3NO4S. The maximum atomic E-state index is 13.0. The molecule has 2 N–H and O–H groups in total. The number of aliphatic hydroxyl groups is 1. The van der Waals surface area contributed by atoms with Crippen LogP contribution in [0.1, 0.15) is 32.1 Å². The highest BCUT2D eigenvalue weighted by Crippen LogP contribution is 2.44. The Bertz CT molecular complexity index is 544. The summed E-state index contributed by atoms with van der Waals surface area (Å²) in [6.45, 7) is 0. The molecule has 1 saturated heterocycles. The first-order chi connectivity index (χ1) is 11.7. The summed E-state index contributed by atoms with van der Waals surface area (Å²) in [5.74, 6) is -3.02. The standard InChI is InChI=1S/C16H22F3NO4S/c1-25-24-15-9(4-5-10(20-15)16(17,18)19)14(23)11-12(21)7-2-3-8(6-7)13(11)22/h7-12,15,20-21H,2-6H2,1H3. The van der Waals surface area contributed by atoms with Gasteiger partial charge in [-0.2, -0.15) is 13.2 Å². The van der Waals surface area contributed by atoms with E-state index in [1.165, 1.54) is 0 Å². The van der Waals surface area contributed by atoms with E-state index in [1.54, 1.807) is 6.26 Å². The highest BCUT2D eigenvalue weighted by molar-refractivity contribution is 7.93. The minimum atomic E-state index is -4.42. The van der Waals surface area contributed by atoms with Gasteiger partial charge in [-0.05, 0) is 50.1 Å². The van der Waals surface area contributed by atoms with Crippen molar-refractivity contribution in [1.82, 2.24) is 5.32 Å². The third-order valence-corrected chi connectivity index (χ3v) is 6.17. The molecule has 1 aliphatic heterocycles. The van der Waals surface area contributed by atoms with Crippen LogP contribution in [-0.4, -0.2) is 47.5 Å². The predicted octanol–water partition coefficient (Wildman–Crippen LogP) is 2.08. The molecule has 2 bridgehead atoms. The van der Waals surface area contributed by atoms with Gasteiger partial charge in [0.1, 0.15) is 24.0 Å². The fourth-order valence-corrected chi connectivity index (χ4v) is 4.86. The molecule has 0 spiro atoms. The molecule has 25 heavy (non-hydrogen) atoms. The fraction of sp³-hybridized carbons (Fsp3) is 0.875. The Balaban J connectivity index is 1.77. The van der Waals surface area contributed by atoms with Crippen LogP contribution in [0, 0.1) is 23.7 Å². The maximum absolute atomic E-state index is 13.0. The van der Waals surface area contributed by atoms with Gasteiger partial charge in [0.05, 0.1) is 12.0 Å². The number of ketones is 2. The van der Waals surface area contributed by atoms with Crippen LogP contribution in [0.15, 0.2) is 0 Å². The Morgan fingerprint density at radius 3 is 2.64 bits per heavy atom. The molecule has 3 aliphatic rings. The molecule has 2 saturated carbocycles. The van der Waals surface area contributed by atoms with Crippen LogP contribution in [0.3, 0.4) is 0 Å². The number of hydrogen-bond donors (Lipinski definition) is 2. The van der Waals surface area contributed by atoms with Gasteiger partial charge in [-0.3, -0.25) is 19.1 Å². The quantitative estimate of drug-likeness (QED) is 0.574. The van der Waals surface area contributed by atoms with Crippen molar-refractivity contribution in [2.24, 2.45) is 23.7 Å². The monoisotopic (exact) mass is 381 g/mol. The third kappa shape index (κ3) is 3.61. The van der Waals surface area contributed by atoms with E-state index in [9.17, 15) is 27.9 Å². The summed E-state index contributed by atoms with van der Waals surface area (Å²) < 4.78 is 44.2. The number of hydrogen-bond acceptors (Lipinski definition) is 6. The lowest BCUT2D eigenvalue weighted by molar-refractivity contribution is -0.177. The highest BCUT2D eigenvalue weighted by atomic mass is 32.2. The van der Waals surface area contributed by atoms with E-state index in [-0.39, 0.29) is 30.5 Å². The van der Waals surface area contributed by atoms with Crippen molar-refractivity contribution >= 4 is 23.6 Å². The summed E-state index contributed by atoms with van der Waals surface area (Å²) in [5, 5.41) is 12.8. The second kappa shape index (κ2) is 7.17. The normalized spacial score (nSPS) is 41.8. The van der Waals surface area contributed by atoms with Crippen molar-refractivity contribution in [2.75, 3.05) is 6.26 Å². The second-order valence-electron chi connectivity index (χ2n) is 7.17. The van der Waals surface area contributed by atoms with E-state index in [0.717, 1.165) is 12.0 Å². The van der Waals surface area contributed by atoms with Gasteiger partial charge < -0.3 is 5.11 Å². The van der Waals surface area contributed by atoms with Gasteiger partial charge in [0.25, 0.3) is 0 Å². The maximum Gasteiger partial charge on any atom is 0.403 e. The van der Waals surface area contributed by atoms with E-state index < -0.39 is 42.2 Å². The highest BCUT2D eigenvalue weighted by Gasteiger charge is 2.54. The molecule has 9 heteroatoms. The Hall–Kier alpha value is -0.640. The van der Waals surface area contributed by atoms with Crippen LogP contribution >= 0.6 is 12.0 Å². The number of halogens is 3. The summed E-state index contributed by atoms with van der Waals surface area (Å²) in [5.41, 5.74) is 0. The average Bonchev–Trinajstić information content (AvgIpc) is 2.99. The number of aliphatic hydroxyl groups excluding tert-OH is 1. The molecule has 0 aromatic rings. The molecular weight excluding hydrogens is 359 g/mol. The minimum Gasteiger partial charge on any atom is -0.392 e. The predicted molar refractivity (Wildman–Crippen MR) is 84.4 cm³/mol. The number of carbonyl (C=O) groups excluding carboxylic acids is 2. The lowest BCUT2D eigenvalue weighted by Gasteiger charge is -2.39. The molecule has 3 rings (SSSR count). The zero-order chi connectivity index (χ0) is 18.4. The van der Waals surface area contributed by atoms with Crippen molar-refractivity contribution in [2.45, 2.75) is 56.7 Å². The SMILES string of the molecule is CSOC1NC(C(F)(F)F)CCC1C(=O)C1C(=O)C2CCC(C2)C1O. The Kier molecular flexibility index (Phi) is 5.49. The first kappa shape index (κ1) is 19.1. The zero-order valence-electron chi connectivity index (χ0n) is 13.8. The van der Waals surface area contributed by atoms with Crippen LogP contribution in [-0.2, 0) is 13.8 Å². The largest absolute Gasteiger partial charge is 0.403 e. The average molecular weight is 381 g/mol. The smallest absolute Gasteiger partial charge is 0.392 e. The summed E-state index contributed by atoms with van der Waals surface area (Å²) in [7, 11) is 0. The minimum absolute atomic E-state index is 0.0208. The van der Waals surface area contributed by atoms with Gasteiger partial charge in [0, 0.05) is 12.2 Å². The molecule has 7 atom stereocenters. The first-order valence-electron chi connectivity index (χ1n) is 8.51. The number of alkyl halides is 3. The topological polar surface area (TPSA) is 75.6 Å². The molecule has 7 unspecified atom stereocenters. The number of fused-ring (bicyclic) bond motifs is 2. The molecule has 3 fully saturated rings. The number of nitrogens with one attached hydrogen (secondary N) is 1. The molecule has 1 heterocycles. The van der Waals surface area contributed by atoms with E-state index >= 15 is 0 Å². The Morgan fingerprint density at radius 1 is 1.28 bits per heavy atom. The van der Waals surface area contributed by atoms with E-state index in [0.29, 0.717) is 19.3 Å². The fourth-order valence-electron chi connectivity index (χ4n) is 4.46. The Labute approximate surface area is 148 Å². The van der Waals surface area contributed by atoms with Gasteiger partial charge in [-0.15, -0.1) is 0 Å². The molecule has 0 amide bonds. The van der Waals surface area contributed by atoms with Gasteiger partial charge in [0.15, 0.2) is 5.78 Å². The number of Topliss-reactive ketones (excluding diaryl/α,β-unsaturated/α-hetero) is 2. The van der Waals surface area contributed by atoms with Gasteiger partial charge in [-0.1, -0.05) is 0 Å². The van der Waals surface area contributed by atoms with Crippen molar-refractivity contribution in [3.05, 3.63) is 0 Å². The van der Waals surface area contributed by atoms with Crippen molar-refractivity contribution in [3.63, 3.8) is 0 Å². The van der Waals surface area contributed by atoms with Crippen molar-refractivity contribution < 1.29 is 32.0 Å². The summed E-state index contributed by atoms with van der Waals surface area (Å²) in [4.78, 5) is 25.5. The second-order valence-corrected chi connectivity index (χ2v) is 7.70. The van der Waals surface area contributed by atoms with Gasteiger partial charge in [0.2, 0.25) is 0 Å². The van der Waals surface area contributed by atoms with Gasteiger partial charge in [-0.25, -0.2) is 0 Å². The molecule has 2 aliphatic carbocycles. The number of rotatable bonds is 4. The molecule has 0 radical (unpaired) electrons. The lowest BCUT2D eigenvalue weighted by Crippen LogP contribution is -2.58. The number of piperidine rings is 1. The number of carbonyl (C=O) groups is 2. The van der Waals surface area contributed by atoms with Gasteiger partial charge >= 0.3 is 6.18 Å². The lowest BCUT2D eigenvalue weighted by atomic mass is 9.71. The van der Waals surface area contributed by atoms with Crippen LogP contribution in [0.5, 0.6) is 0 Å². The molecule has 0 aromatic carbocycles. The molecule has 5 nitrogen and oxygen atoms in total. The molecule has 0 aromatic heterocycles. The van der Waals surface area contributed by atoms with Crippen molar-refractivity contribution in [1.29, 1.82) is 0 Å². The summed E-state index contributed by atoms with van der Waals surface area (Å²) >= 11 is 0.874. The van der Waals surface area contributed by atoms with Crippen LogP contribution in [0.2, 0.25) is 0 Å². The summed E-state index contributed by atoms with van der Waals surface area (Å²) in [6.07, 6.45) is -3.30. The molecule has 142 valence electrons. The van der Waals surface area contributed by atoms with E-state index in [2.05, 4.69) is 5.32 Å². The van der Waals surface area contributed by atoms with Crippen LogP contribution < -0.4 is 5.32 Å². The van der Waals surface area contributed by atoms with Crippen molar-refractivity contribution in [3.8, 4) is 0 Å². The third-order valence-electron chi connectivity index (χ3n) is 5.77.